The monoisotopic (exact) mass is 747 g/mol. The molecule has 1 N–H and O–H groups in total. The van der Waals surface area contributed by atoms with Crippen molar-refractivity contribution in [2.24, 2.45) is 9.98 Å². The van der Waals surface area contributed by atoms with Crippen LogP contribution in [0.15, 0.2) is 173 Å². The fourth-order valence-electron chi connectivity index (χ4n) is 7.80. The summed E-state index contributed by atoms with van der Waals surface area (Å²) in [6.45, 7) is 0. The summed E-state index contributed by atoms with van der Waals surface area (Å²) in [5.41, 5.74) is 11.5. The van der Waals surface area contributed by atoms with E-state index in [0.717, 1.165) is 89.0 Å². The Labute approximate surface area is 332 Å². The minimum absolute atomic E-state index is 0.243. The van der Waals surface area contributed by atoms with Crippen molar-refractivity contribution < 1.29 is 9.47 Å². The Kier molecular flexibility index (Phi) is 8.12. The second-order valence-electron chi connectivity index (χ2n) is 16.0. The number of benzene rings is 4. The lowest BCUT2D eigenvalue weighted by atomic mass is 9.97. The molecular formula is C49H43N6O2+. The summed E-state index contributed by atoms with van der Waals surface area (Å²) >= 11 is 0. The Morgan fingerprint density at radius 3 is 1.84 bits per heavy atom. The molecule has 0 aliphatic carbocycles. The first-order valence-corrected chi connectivity index (χ1v) is 19.3. The summed E-state index contributed by atoms with van der Waals surface area (Å²) in [6, 6.07) is 37.8. The van der Waals surface area contributed by atoms with E-state index in [1.807, 2.05) is 62.6 Å². The van der Waals surface area contributed by atoms with Gasteiger partial charge in [0.05, 0.1) is 56.0 Å². The van der Waals surface area contributed by atoms with E-state index in [4.69, 9.17) is 19.5 Å². The molecule has 1 aromatic heterocycles. The Hall–Kier alpha value is -6.90. The van der Waals surface area contributed by atoms with Gasteiger partial charge in [0.2, 0.25) is 0 Å². The molecule has 0 saturated carbocycles. The first-order chi connectivity index (χ1) is 27.6. The third-order valence-electron chi connectivity index (χ3n) is 10.9. The van der Waals surface area contributed by atoms with E-state index < -0.39 is 0 Å². The molecule has 280 valence electrons. The molecule has 10 rings (SSSR count). The maximum absolute atomic E-state index is 6.25. The van der Waals surface area contributed by atoms with Crippen LogP contribution in [0.4, 0.5) is 11.4 Å². The van der Waals surface area contributed by atoms with Crippen LogP contribution in [0.5, 0.6) is 23.0 Å². The molecule has 0 radical (unpaired) electrons. The Morgan fingerprint density at radius 1 is 0.614 bits per heavy atom. The number of hydrogen-bond donors (Lipinski definition) is 1. The molecule has 6 heterocycles. The predicted molar refractivity (Wildman–Crippen MR) is 232 cm³/mol. The molecule has 0 spiro atoms. The van der Waals surface area contributed by atoms with Crippen molar-refractivity contribution in [3.05, 3.63) is 185 Å². The highest BCUT2D eigenvalue weighted by Crippen LogP contribution is 2.51. The Morgan fingerprint density at radius 2 is 1.21 bits per heavy atom. The van der Waals surface area contributed by atoms with Gasteiger partial charge in [-0.3, -0.25) is 4.48 Å². The zero-order chi connectivity index (χ0) is 38.8. The zero-order valence-electron chi connectivity index (χ0n) is 32.6. The summed E-state index contributed by atoms with van der Waals surface area (Å²) in [4.78, 5) is 18.5. The van der Waals surface area contributed by atoms with Crippen molar-refractivity contribution in [2.45, 2.75) is 12.1 Å². The van der Waals surface area contributed by atoms with Crippen LogP contribution >= 0.6 is 0 Å². The van der Waals surface area contributed by atoms with Gasteiger partial charge in [-0.05, 0) is 126 Å². The van der Waals surface area contributed by atoms with Gasteiger partial charge in [0, 0.05) is 59.5 Å². The minimum Gasteiger partial charge on any atom is -0.457 e. The van der Waals surface area contributed by atoms with Gasteiger partial charge < -0.3 is 24.3 Å². The third-order valence-corrected chi connectivity index (χ3v) is 10.9. The van der Waals surface area contributed by atoms with Crippen LogP contribution in [0.25, 0.3) is 17.2 Å². The number of fused-ring (bicyclic) bond motifs is 5. The van der Waals surface area contributed by atoms with Crippen LogP contribution < -0.4 is 29.6 Å². The van der Waals surface area contributed by atoms with Crippen molar-refractivity contribution >= 4 is 40.0 Å². The van der Waals surface area contributed by atoms with E-state index in [-0.39, 0.29) is 6.04 Å². The molecule has 6 bridgehead atoms. The van der Waals surface area contributed by atoms with E-state index in [2.05, 4.69) is 139 Å². The number of aliphatic imine (C=N–C) groups is 2. The van der Waals surface area contributed by atoms with Gasteiger partial charge in [-0.1, -0.05) is 24.3 Å². The fraction of sp³-hybridized carbons (Fsp3) is 0.143. The molecule has 5 aliphatic heterocycles. The maximum atomic E-state index is 6.25. The van der Waals surface area contributed by atoms with Gasteiger partial charge >= 0.3 is 0 Å². The van der Waals surface area contributed by atoms with E-state index >= 15 is 0 Å². The molecule has 2 atom stereocenters. The summed E-state index contributed by atoms with van der Waals surface area (Å²) in [6.07, 6.45) is 15.2. The first-order valence-electron chi connectivity index (χ1n) is 19.3. The molecule has 1 fully saturated rings. The van der Waals surface area contributed by atoms with E-state index in [1.54, 1.807) is 0 Å². The first kappa shape index (κ1) is 34.6. The highest BCUT2D eigenvalue weighted by atomic mass is 16.5. The highest BCUT2D eigenvalue weighted by molar-refractivity contribution is 6.30. The van der Waals surface area contributed by atoms with Gasteiger partial charge in [0.15, 0.2) is 0 Å². The molecule has 5 aliphatic rings. The normalized spacial score (nSPS) is 20.8. The molecule has 2 unspecified atom stereocenters. The predicted octanol–water partition coefficient (Wildman–Crippen LogP) is 8.12. The number of anilines is 1. The van der Waals surface area contributed by atoms with Crippen molar-refractivity contribution in [1.29, 1.82) is 0 Å². The van der Waals surface area contributed by atoms with Gasteiger partial charge in [-0.25, -0.2) is 9.98 Å². The topological polar surface area (TPSA) is 65.2 Å². The number of rotatable bonds is 8. The van der Waals surface area contributed by atoms with Crippen LogP contribution in [0, 0.1) is 0 Å². The van der Waals surface area contributed by atoms with Crippen molar-refractivity contribution in [1.82, 2.24) is 14.4 Å². The second-order valence-corrected chi connectivity index (χ2v) is 16.0. The van der Waals surface area contributed by atoms with Crippen molar-refractivity contribution in [3.63, 3.8) is 0 Å². The number of H-pyrrole nitrogens is 1. The second kappa shape index (κ2) is 13.4. The van der Waals surface area contributed by atoms with Crippen LogP contribution in [0.2, 0.25) is 0 Å². The molecule has 57 heavy (non-hydrogen) atoms. The van der Waals surface area contributed by atoms with Crippen LogP contribution in [-0.4, -0.2) is 68.6 Å². The van der Waals surface area contributed by atoms with E-state index in [9.17, 15) is 0 Å². The number of nitrogens with zero attached hydrogens (tertiary/aromatic N) is 5. The number of nitrogens with one attached hydrogen (secondary N) is 1. The highest BCUT2D eigenvalue weighted by Gasteiger charge is 2.54. The van der Waals surface area contributed by atoms with Crippen LogP contribution in [0.3, 0.4) is 0 Å². The Bertz CT molecular complexity index is 2770. The largest absolute Gasteiger partial charge is 0.457 e. The van der Waals surface area contributed by atoms with E-state index in [0.29, 0.717) is 6.04 Å². The van der Waals surface area contributed by atoms with Gasteiger partial charge in [-0.2, -0.15) is 0 Å². The molecule has 5 aromatic rings. The van der Waals surface area contributed by atoms with Crippen molar-refractivity contribution in [2.75, 3.05) is 40.1 Å². The smallest absolute Gasteiger partial charge is 0.132 e. The van der Waals surface area contributed by atoms with Gasteiger partial charge in [0.25, 0.3) is 0 Å². The average molecular weight is 748 g/mol. The number of allylic oxidation sites excluding steroid dienone is 5. The summed E-state index contributed by atoms with van der Waals surface area (Å²) in [7, 11) is 10.5. The Balaban J connectivity index is 0.978. The fourth-order valence-corrected chi connectivity index (χ4v) is 7.80. The van der Waals surface area contributed by atoms with Crippen LogP contribution in [0.1, 0.15) is 11.1 Å². The average Bonchev–Trinajstić information content (AvgIpc) is 3.74. The lowest BCUT2D eigenvalue weighted by molar-refractivity contribution is 0.474. The summed E-state index contributed by atoms with van der Waals surface area (Å²) in [5, 5.41) is 1.95. The van der Waals surface area contributed by atoms with Gasteiger partial charge in [-0.15, -0.1) is 0 Å². The molecule has 8 nitrogen and oxygen atoms in total. The molecular weight excluding hydrogens is 705 g/mol. The SMILES string of the molecule is CN(C)c1ccc(Oc2ccc(C3=C4C=CC(=N4)C=c4cc/c([nH]4)=C(\c4ccc(Oc5ccc([N+](C)(C)C)cc5)cc4)C4=N/C(=C\C5C6C=C3N65)C=C4)cc2)cc1. The number of quaternary nitrogens is 1. The standard InChI is InChI=1S/C49H43N6O2/c1-53(2)36-13-21-40(22-14-36)56-39-19-8-32(9-20-39)49-44-27-11-34(51-44)28-33-10-25-42(50-33)48(43-26-12-35(52-43)29-45-46-30-47(49)54(45)46)31-6-17-38(18-7-31)57-41-23-15-37(16-24-41)55(3,4)5/h6-30,45-46,50H,1-5H3/q+1/b33-28?,35-29-,48-42-,49-44?. The molecule has 1 saturated heterocycles. The molecule has 0 amide bonds. The van der Waals surface area contributed by atoms with Crippen molar-refractivity contribution in [3.8, 4) is 23.0 Å². The number of aromatic nitrogens is 1. The van der Waals surface area contributed by atoms with E-state index in [1.165, 1.54) is 11.4 Å². The number of aromatic amines is 1. The lowest BCUT2D eigenvalue weighted by Gasteiger charge is -2.23. The lowest BCUT2D eigenvalue weighted by Crippen LogP contribution is -2.34. The molecule has 4 aromatic carbocycles. The number of hydrogen-bond acceptors (Lipinski definition) is 6. The zero-order valence-corrected chi connectivity index (χ0v) is 32.6. The minimum atomic E-state index is 0.243. The van der Waals surface area contributed by atoms with Crippen LogP contribution in [-0.2, 0) is 0 Å². The molecule has 8 heteroatoms. The number of ether oxygens (including phenoxy) is 2. The maximum Gasteiger partial charge on any atom is 0.132 e. The summed E-state index contributed by atoms with van der Waals surface area (Å²) < 4.78 is 13.2. The third kappa shape index (κ3) is 6.64. The summed E-state index contributed by atoms with van der Waals surface area (Å²) in [5.74, 6) is 3.18. The van der Waals surface area contributed by atoms with Gasteiger partial charge in [0.1, 0.15) is 28.7 Å². The quantitative estimate of drug-likeness (QED) is 0.129.